The van der Waals surface area contributed by atoms with Gasteiger partial charge in [-0.3, -0.25) is 0 Å². The van der Waals surface area contributed by atoms with E-state index in [0.717, 1.165) is 22.3 Å². The molecule has 0 fully saturated rings. The summed E-state index contributed by atoms with van der Waals surface area (Å²) < 4.78 is 0. The van der Waals surface area contributed by atoms with Crippen molar-refractivity contribution in [2.24, 2.45) is 0 Å². The number of thiophene rings is 1. The molecule has 82 valence electrons. The lowest BCUT2D eigenvalue weighted by atomic mass is 10.0. The molecule has 0 aliphatic carbocycles. The quantitative estimate of drug-likeness (QED) is 0.856. The van der Waals surface area contributed by atoms with Gasteiger partial charge in [0.15, 0.2) is 0 Å². The Morgan fingerprint density at radius 2 is 1.75 bits per heavy atom. The first-order chi connectivity index (χ1) is 7.58. The van der Waals surface area contributed by atoms with Crippen molar-refractivity contribution >= 4 is 17.3 Å². The van der Waals surface area contributed by atoms with Crippen molar-refractivity contribution in [3.63, 3.8) is 0 Å². The molecule has 1 N–H and O–H groups in total. The molecule has 0 saturated heterocycles. The van der Waals surface area contributed by atoms with Crippen molar-refractivity contribution in [1.82, 2.24) is 0 Å². The van der Waals surface area contributed by atoms with Gasteiger partial charge >= 0.3 is 5.97 Å². The molecule has 0 radical (unpaired) electrons. The summed E-state index contributed by atoms with van der Waals surface area (Å²) in [7, 11) is 0. The van der Waals surface area contributed by atoms with E-state index in [2.05, 4.69) is 6.07 Å². The zero-order valence-corrected chi connectivity index (χ0v) is 9.97. The summed E-state index contributed by atoms with van der Waals surface area (Å²) in [4.78, 5) is 11.0. The topological polar surface area (TPSA) is 37.3 Å². The van der Waals surface area contributed by atoms with Crippen LogP contribution < -0.4 is 0 Å². The van der Waals surface area contributed by atoms with Crippen LogP contribution in [0.25, 0.3) is 11.1 Å². The van der Waals surface area contributed by atoms with Crippen LogP contribution in [-0.4, -0.2) is 11.1 Å². The summed E-state index contributed by atoms with van der Waals surface area (Å²) >= 11 is 1.42. The number of hydrogen-bond acceptors (Lipinski definition) is 2. The first kappa shape index (κ1) is 10.9. The molecule has 0 atom stereocenters. The zero-order valence-electron chi connectivity index (χ0n) is 9.15. The van der Waals surface area contributed by atoms with Crippen LogP contribution in [-0.2, 0) is 0 Å². The molecule has 0 aliphatic heterocycles. The Balaban J connectivity index is 2.58. The van der Waals surface area contributed by atoms with Gasteiger partial charge in [0.25, 0.3) is 0 Å². The van der Waals surface area contributed by atoms with Gasteiger partial charge in [-0.25, -0.2) is 4.79 Å². The standard InChI is InChI=1S/C13H12O2S/c1-8-3-9(2)5-10(4-8)11-6-16-7-12(11)13(14)15/h3-7H,1-2H3,(H,14,15). The highest BCUT2D eigenvalue weighted by atomic mass is 32.1. The minimum absolute atomic E-state index is 0.384. The first-order valence-corrected chi connectivity index (χ1v) is 5.90. The molecule has 0 spiro atoms. The predicted molar refractivity (Wildman–Crippen MR) is 66.2 cm³/mol. The van der Waals surface area contributed by atoms with Crippen LogP contribution in [0, 0.1) is 13.8 Å². The van der Waals surface area contributed by atoms with E-state index < -0.39 is 5.97 Å². The van der Waals surface area contributed by atoms with Crippen LogP contribution in [0.4, 0.5) is 0 Å². The van der Waals surface area contributed by atoms with Gasteiger partial charge < -0.3 is 5.11 Å². The van der Waals surface area contributed by atoms with Crippen molar-refractivity contribution < 1.29 is 9.90 Å². The third-order valence-corrected chi connectivity index (χ3v) is 3.17. The molecule has 1 heterocycles. The molecule has 1 aromatic carbocycles. The number of hydrogen-bond donors (Lipinski definition) is 1. The summed E-state index contributed by atoms with van der Waals surface area (Å²) in [6.45, 7) is 4.03. The number of aryl methyl sites for hydroxylation is 2. The van der Waals surface area contributed by atoms with Gasteiger partial charge in [0.2, 0.25) is 0 Å². The van der Waals surface area contributed by atoms with E-state index in [0.29, 0.717) is 5.56 Å². The lowest BCUT2D eigenvalue weighted by Crippen LogP contribution is -1.96. The minimum atomic E-state index is -0.865. The fraction of sp³-hybridized carbons (Fsp3) is 0.154. The molecule has 0 aliphatic rings. The molecular weight excluding hydrogens is 220 g/mol. The van der Waals surface area contributed by atoms with E-state index in [-0.39, 0.29) is 0 Å². The monoisotopic (exact) mass is 232 g/mol. The summed E-state index contributed by atoms with van der Waals surface area (Å²) in [5, 5.41) is 12.6. The molecule has 3 heteroatoms. The Bertz CT molecular complexity index is 520. The second kappa shape index (κ2) is 4.10. The maximum atomic E-state index is 11.0. The Morgan fingerprint density at radius 1 is 1.12 bits per heavy atom. The van der Waals surface area contributed by atoms with Crippen LogP contribution in [0.3, 0.4) is 0 Å². The van der Waals surface area contributed by atoms with Gasteiger partial charge in [0, 0.05) is 10.9 Å². The maximum absolute atomic E-state index is 11.0. The maximum Gasteiger partial charge on any atom is 0.337 e. The summed E-state index contributed by atoms with van der Waals surface area (Å²) in [5.74, 6) is -0.865. The van der Waals surface area contributed by atoms with Gasteiger partial charge in [-0.05, 0) is 24.8 Å². The van der Waals surface area contributed by atoms with Gasteiger partial charge in [-0.2, -0.15) is 11.3 Å². The number of rotatable bonds is 2. The minimum Gasteiger partial charge on any atom is -0.478 e. The largest absolute Gasteiger partial charge is 0.478 e. The Labute approximate surface area is 98.2 Å². The summed E-state index contributed by atoms with van der Waals surface area (Å²) in [6, 6.07) is 6.11. The fourth-order valence-corrected chi connectivity index (χ4v) is 2.65. The molecule has 0 amide bonds. The highest BCUT2D eigenvalue weighted by molar-refractivity contribution is 7.08. The summed E-state index contributed by atoms with van der Waals surface area (Å²) in [6.07, 6.45) is 0. The predicted octanol–water partition coefficient (Wildman–Crippen LogP) is 3.73. The van der Waals surface area contributed by atoms with E-state index in [1.165, 1.54) is 11.3 Å². The molecule has 0 saturated carbocycles. The van der Waals surface area contributed by atoms with Crippen LogP contribution in [0.1, 0.15) is 21.5 Å². The molecule has 2 aromatic rings. The molecular formula is C13H12O2S. The molecule has 2 nitrogen and oxygen atoms in total. The molecule has 0 bridgehead atoms. The van der Waals surface area contributed by atoms with E-state index >= 15 is 0 Å². The van der Waals surface area contributed by atoms with Crippen LogP contribution in [0.5, 0.6) is 0 Å². The van der Waals surface area contributed by atoms with Crippen molar-refractivity contribution in [3.05, 3.63) is 45.6 Å². The van der Waals surface area contributed by atoms with Crippen LogP contribution in [0.15, 0.2) is 29.0 Å². The third kappa shape index (κ3) is 1.99. The number of benzene rings is 1. The van der Waals surface area contributed by atoms with E-state index in [9.17, 15) is 4.79 Å². The van der Waals surface area contributed by atoms with Crippen molar-refractivity contribution in [2.45, 2.75) is 13.8 Å². The third-order valence-electron chi connectivity index (χ3n) is 2.43. The Kier molecular flexibility index (Phi) is 2.79. The van der Waals surface area contributed by atoms with E-state index in [4.69, 9.17) is 5.11 Å². The van der Waals surface area contributed by atoms with Crippen LogP contribution in [0.2, 0.25) is 0 Å². The van der Waals surface area contributed by atoms with Gasteiger partial charge in [0.05, 0.1) is 5.56 Å². The van der Waals surface area contributed by atoms with Gasteiger partial charge in [-0.1, -0.05) is 29.3 Å². The number of carboxylic acids is 1. The Hall–Kier alpha value is -1.61. The van der Waals surface area contributed by atoms with Crippen molar-refractivity contribution in [1.29, 1.82) is 0 Å². The normalized spacial score (nSPS) is 10.4. The van der Waals surface area contributed by atoms with Crippen molar-refractivity contribution in [3.8, 4) is 11.1 Å². The summed E-state index contributed by atoms with van der Waals surface area (Å²) in [5.41, 5.74) is 4.48. The molecule has 16 heavy (non-hydrogen) atoms. The smallest absolute Gasteiger partial charge is 0.337 e. The highest BCUT2D eigenvalue weighted by Crippen LogP contribution is 2.28. The average molecular weight is 232 g/mol. The fourth-order valence-electron chi connectivity index (χ4n) is 1.82. The SMILES string of the molecule is Cc1cc(C)cc(-c2cscc2C(=O)O)c1. The average Bonchev–Trinajstić information content (AvgIpc) is 2.63. The van der Waals surface area contributed by atoms with Gasteiger partial charge in [0.1, 0.15) is 0 Å². The lowest BCUT2D eigenvalue weighted by Gasteiger charge is -2.04. The van der Waals surface area contributed by atoms with E-state index in [1.54, 1.807) is 5.38 Å². The molecule has 2 rings (SSSR count). The van der Waals surface area contributed by atoms with E-state index in [1.807, 2.05) is 31.4 Å². The number of aromatic carboxylic acids is 1. The lowest BCUT2D eigenvalue weighted by molar-refractivity contribution is 0.0698. The second-order valence-electron chi connectivity index (χ2n) is 3.88. The molecule has 1 aromatic heterocycles. The molecule has 0 unspecified atom stereocenters. The first-order valence-electron chi connectivity index (χ1n) is 4.96. The van der Waals surface area contributed by atoms with Crippen LogP contribution >= 0.6 is 11.3 Å². The second-order valence-corrected chi connectivity index (χ2v) is 4.62. The zero-order chi connectivity index (χ0) is 11.7. The number of carbonyl (C=O) groups is 1. The Morgan fingerprint density at radius 3 is 2.31 bits per heavy atom. The van der Waals surface area contributed by atoms with Crippen molar-refractivity contribution in [2.75, 3.05) is 0 Å². The highest BCUT2D eigenvalue weighted by Gasteiger charge is 2.12. The van der Waals surface area contributed by atoms with Gasteiger partial charge in [-0.15, -0.1) is 0 Å². The number of carboxylic acid groups (broad SMARTS) is 1.